The van der Waals surface area contributed by atoms with E-state index < -0.39 is 0 Å². The van der Waals surface area contributed by atoms with Crippen LogP contribution in [0.5, 0.6) is 5.75 Å². The Labute approximate surface area is 125 Å². The first-order valence-corrected chi connectivity index (χ1v) is 7.12. The number of rotatable bonds is 6. The van der Waals surface area contributed by atoms with Crippen LogP contribution in [-0.4, -0.2) is 23.6 Å². The Kier molecular flexibility index (Phi) is 4.98. The first kappa shape index (κ1) is 15.1. The van der Waals surface area contributed by atoms with Gasteiger partial charge in [-0.3, -0.25) is 0 Å². The van der Waals surface area contributed by atoms with Crippen LogP contribution in [0, 0.1) is 13.8 Å². The van der Waals surface area contributed by atoms with Gasteiger partial charge in [0.05, 0.1) is 7.11 Å². The fourth-order valence-electron chi connectivity index (χ4n) is 2.11. The zero-order valence-corrected chi connectivity index (χ0v) is 13.0. The van der Waals surface area contributed by atoms with Crippen molar-refractivity contribution in [1.82, 2.24) is 9.97 Å². The van der Waals surface area contributed by atoms with Crippen LogP contribution in [-0.2, 0) is 0 Å². The first-order chi connectivity index (χ1) is 10.2. The highest BCUT2D eigenvalue weighted by Crippen LogP contribution is 2.32. The van der Waals surface area contributed by atoms with Gasteiger partial charge in [0.2, 0.25) is 5.75 Å². The SMILES string of the molecule is CCCNc1ncnc(Nc2ccc(C)cc2C)c1OC. The third kappa shape index (κ3) is 3.62. The largest absolute Gasteiger partial charge is 0.490 e. The third-order valence-corrected chi connectivity index (χ3v) is 3.19. The molecule has 0 spiro atoms. The molecule has 5 nitrogen and oxygen atoms in total. The molecular weight excluding hydrogens is 264 g/mol. The van der Waals surface area contributed by atoms with Gasteiger partial charge in [-0.05, 0) is 31.9 Å². The number of hydrogen-bond acceptors (Lipinski definition) is 5. The fourth-order valence-corrected chi connectivity index (χ4v) is 2.11. The molecule has 1 heterocycles. The summed E-state index contributed by atoms with van der Waals surface area (Å²) in [4.78, 5) is 8.53. The Balaban J connectivity index is 2.30. The summed E-state index contributed by atoms with van der Waals surface area (Å²) in [6.45, 7) is 7.10. The van der Waals surface area contributed by atoms with Crippen LogP contribution in [0.2, 0.25) is 0 Å². The number of nitrogens with zero attached hydrogens (tertiary/aromatic N) is 2. The molecule has 0 fully saturated rings. The van der Waals surface area contributed by atoms with E-state index in [1.807, 2.05) is 6.07 Å². The molecule has 0 aliphatic carbocycles. The predicted molar refractivity (Wildman–Crippen MR) is 86.6 cm³/mol. The zero-order chi connectivity index (χ0) is 15.2. The summed E-state index contributed by atoms with van der Waals surface area (Å²) < 4.78 is 5.46. The number of aryl methyl sites for hydroxylation is 2. The van der Waals surface area contributed by atoms with E-state index >= 15 is 0 Å². The van der Waals surface area contributed by atoms with E-state index in [1.165, 1.54) is 17.5 Å². The molecule has 0 bridgehead atoms. The third-order valence-electron chi connectivity index (χ3n) is 3.19. The summed E-state index contributed by atoms with van der Waals surface area (Å²) in [6.07, 6.45) is 2.55. The topological polar surface area (TPSA) is 59.1 Å². The molecule has 0 aliphatic heterocycles. The van der Waals surface area contributed by atoms with Crippen LogP contribution in [0.3, 0.4) is 0 Å². The van der Waals surface area contributed by atoms with E-state index in [-0.39, 0.29) is 0 Å². The molecular formula is C16H22N4O. The standard InChI is InChI=1S/C16H22N4O/c1-5-8-17-15-14(21-4)16(19-10-18-15)20-13-7-6-11(2)9-12(13)3/h6-7,9-10H,5,8H2,1-4H3,(H2,17,18,19,20). The summed E-state index contributed by atoms with van der Waals surface area (Å²) in [5, 5.41) is 6.57. The van der Waals surface area contributed by atoms with Crippen molar-refractivity contribution in [3.8, 4) is 5.75 Å². The average molecular weight is 286 g/mol. The minimum atomic E-state index is 0.630. The Hall–Kier alpha value is -2.30. The smallest absolute Gasteiger partial charge is 0.204 e. The maximum atomic E-state index is 5.46. The maximum Gasteiger partial charge on any atom is 0.204 e. The fraction of sp³-hybridized carbons (Fsp3) is 0.375. The van der Waals surface area contributed by atoms with Gasteiger partial charge in [-0.1, -0.05) is 24.6 Å². The average Bonchev–Trinajstić information content (AvgIpc) is 2.48. The van der Waals surface area contributed by atoms with Crippen molar-refractivity contribution in [2.45, 2.75) is 27.2 Å². The number of ether oxygens (including phenoxy) is 1. The van der Waals surface area contributed by atoms with E-state index in [4.69, 9.17) is 4.74 Å². The monoisotopic (exact) mass is 286 g/mol. The molecule has 21 heavy (non-hydrogen) atoms. The Morgan fingerprint density at radius 2 is 1.90 bits per heavy atom. The summed E-state index contributed by atoms with van der Waals surface area (Å²) in [7, 11) is 1.63. The minimum Gasteiger partial charge on any atom is -0.490 e. The quantitative estimate of drug-likeness (QED) is 0.848. The van der Waals surface area contributed by atoms with Gasteiger partial charge >= 0.3 is 0 Å². The Morgan fingerprint density at radius 1 is 1.14 bits per heavy atom. The molecule has 2 N–H and O–H groups in total. The van der Waals surface area contributed by atoms with Gasteiger partial charge in [-0.2, -0.15) is 0 Å². The molecule has 1 aromatic carbocycles. The molecule has 2 aromatic rings. The lowest BCUT2D eigenvalue weighted by molar-refractivity contribution is 0.415. The van der Waals surface area contributed by atoms with Crippen molar-refractivity contribution < 1.29 is 4.74 Å². The van der Waals surface area contributed by atoms with Crippen molar-refractivity contribution >= 4 is 17.3 Å². The lowest BCUT2D eigenvalue weighted by Crippen LogP contribution is -2.07. The lowest BCUT2D eigenvalue weighted by Gasteiger charge is -2.15. The molecule has 1 aromatic heterocycles. The van der Waals surface area contributed by atoms with Crippen LogP contribution in [0.4, 0.5) is 17.3 Å². The molecule has 0 aliphatic rings. The highest BCUT2D eigenvalue weighted by molar-refractivity contribution is 5.70. The number of benzene rings is 1. The summed E-state index contributed by atoms with van der Waals surface area (Å²) in [5.74, 6) is 2.01. The zero-order valence-electron chi connectivity index (χ0n) is 13.0. The molecule has 112 valence electrons. The molecule has 0 unspecified atom stereocenters. The van der Waals surface area contributed by atoms with E-state index in [2.05, 4.69) is 53.5 Å². The highest BCUT2D eigenvalue weighted by Gasteiger charge is 2.12. The van der Waals surface area contributed by atoms with Crippen molar-refractivity contribution in [2.24, 2.45) is 0 Å². The maximum absolute atomic E-state index is 5.46. The predicted octanol–water partition coefficient (Wildman–Crippen LogP) is 3.67. The van der Waals surface area contributed by atoms with Gasteiger partial charge in [-0.25, -0.2) is 9.97 Å². The van der Waals surface area contributed by atoms with Gasteiger partial charge in [0.15, 0.2) is 11.6 Å². The first-order valence-electron chi connectivity index (χ1n) is 7.12. The number of methoxy groups -OCH3 is 1. The number of hydrogen-bond donors (Lipinski definition) is 2. The lowest BCUT2D eigenvalue weighted by atomic mass is 10.1. The number of nitrogens with one attached hydrogen (secondary N) is 2. The van der Waals surface area contributed by atoms with E-state index in [1.54, 1.807) is 7.11 Å². The normalized spacial score (nSPS) is 10.3. The van der Waals surface area contributed by atoms with Gasteiger partial charge in [0, 0.05) is 12.2 Å². The van der Waals surface area contributed by atoms with Gasteiger partial charge < -0.3 is 15.4 Å². The van der Waals surface area contributed by atoms with Crippen LogP contribution >= 0.6 is 0 Å². The van der Waals surface area contributed by atoms with Crippen molar-refractivity contribution in [2.75, 3.05) is 24.3 Å². The van der Waals surface area contributed by atoms with Crippen LogP contribution in [0.25, 0.3) is 0 Å². The van der Waals surface area contributed by atoms with Crippen LogP contribution in [0.1, 0.15) is 24.5 Å². The Morgan fingerprint density at radius 3 is 2.57 bits per heavy atom. The molecule has 0 atom stereocenters. The van der Waals surface area contributed by atoms with Crippen molar-refractivity contribution in [1.29, 1.82) is 0 Å². The molecule has 2 rings (SSSR count). The molecule has 0 amide bonds. The second kappa shape index (κ2) is 6.92. The Bertz CT molecular complexity index is 613. The van der Waals surface area contributed by atoms with E-state index in [0.717, 1.165) is 18.7 Å². The van der Waals surface area contributed by atoms with Crippen molar-refractivity contribution in [3.63, 3.8) is 0 Å². The summed E-state index contributed by atoms with van der Waals surface area (Å²) in [5.41, 5.74) is 3.41. The van der Waals surface area contributed by atoms with Crippen LogP contribution < -0.4 is 15.4 Å². The molecule has 0 saturated heterocycles. The number of aromatic nitrogens is 2. The summed E-state index contributed by atoms with van der Waals surface area (Å²) >= 11 is 0. The highest BCUT2D eigenvalue weighted by atomic mass is 16.5. The van der Waals surface area contributed by atoms with E-state index in [0.29, 0.717) is 17.4 Å². The second-order valence-electron chi connectivity index (χ2n) is 4.97. The van der Waals surface area contributed by atoms with Gasteiger partial charge in [-0.15, -0.1) is 0 Å². The molecule has 0 saturated carbocycles. The summed E-state index contributed by atoms with van der Waals surface area (Å²) in [6, 6.07) is 6.25. The minimum absolute atomic E-state index is 0.630. The number of anilines is 3. The second-order valence-corrected chi connectivity index (χ2v) is 4.97. The molecule has 0 radical (unpaired) electrons. The van der Waals surface area contributed by atoms with Gasteiger partial charge in [0.25, 0.3) is 0 Å². The van der Waals surface area contributed by atoms with E-state index in [9.17, 15) is 0 Å². The molecule has 5 heteroatoms. The van der Waals surface area contributed by atoms with Gasteiger partial charge in [0.1, 0.15) is 6.33 Å². The van der Waals surface area contributed by atoms with Crippen LogP contribution in [0.15, 0.2) is 24.5 Å². The van der Waals surface area contributed by atoms with Crippen molar-refractivity contribution in [3.05, 3.63) is 35.7 Å².